The molecule has 0 bridgehead atoms. The molecule has 0 saturated carbocycles. The predicted molar refractivity (Wildman–Crippen MR) is 138 cm³/mol. The van der Waals surface area contributed by atoms with E-state index in [-0.39, 0.29) is 11.4 Å². The van der Waals surface area contributed by atoms with Crippen LogP contribution in [0.5, 0.6) is 11.5 Å². The number of benzene rings is 3. The van der Waals surface area contributed by atoms with Gasteiger partial charge in [-0.25, -0.2) is 8.42 Å². The van der Waals surface area contributed by atoms with Crippen LogP contribution < -0.4 is 19.0 Å². The third-order valence-electron chi connectivity index (χ3n) is 5.51. The van der Waals surface area contributed by atoms with Gasteiger partial charge in [-0.2, -0.15) is 4.99 Å². The van der Waals surface area contributed by atoms with E-state index in [2.05, 4.69) is 15.6 Å². The summed E-state index contributed by atoms with van der Waals surface area (Å²) >= 11 is 1.32. The third-order valence-corrected chi connectivity index (χ3v) is 7.95. The van der Waals surface area contributed by atoms with Crippen LogP contribution in [-0.2, 0) is 16.6 Å². The van der Waals surface area contributed by atoms with Gasteiger partial charge in [-0.1, -0.05) is 35.0 Å². The minimum absolute atomic E-state index is 0.156. The summed E-state index contributed by atoms with van der Waals surface area (Å²) in [5, 5.41) is 0. The molecule has 0 atom stereocenters. The summed E-state index contributed by atoms with van der Waals surface area (Å²) in [7, 11) is -3.74. The lowest BCUT2D eigenvalue weighted by molar-refractivity contribution is 0.0998. The number of aromatic nitrogens is 1. The van der Waals surface area contributed by atoms with Crippen molar-refractivity contribution >= 4 is 43.2 Å². The molecule has 8 nitrogen and oxygen atoms in total. The molecule has 1 aliphatic heterocycles. The highest BCUT2D eigenvalue weighted by atomic mass is 32.2. The van der Waals surface area contributed by atoms with Crippen LogP contribution in [0.15, 0.2) is 70.6 Å². The molecule has 0 unspecified atom stereocenters. The Balaban J connectivity index is 1.43. The zero-order chi connectivity index (χ0) is 25.3. The zero-order valence-corrected chi connectivity index (χ0v) is 20.9. The molecule has 1 amide bonds. The van der Waals surface area contributed by atoms with E-state index in [0.717, 1.165) is 15.8 Å². The Kier molecular flexibility index (Phi) is 6.26. The number of terminal acetylenes is 1. The number of fused-ring (bicyclic) bond motifs is 2. The van der Waals surface area contributed by atoms with Crippen molar-refractivity contribution in [3.05, 3.63) is 76.6 Å². The van der Waals surface area contributed by atoms with E-state index < -0.39 is 15.9 Å². The number of rotatable bonds is 5. The van der Waals surface area contributed by atoms with Gasteiger partial charge >= 0.3 is 0 Å². The number of carbonyl (C=O) groups excluding carboxylic acids is 1. The van der Waals surface area contributed by atoms with Gasteiger partial charge < -0.3 is 14.0 Å². The highest BCUT2D eigenvalue weighted by molar-refractivity contribution is 7.92. The molecule has 0 radical (unpaired) electrons. The summed E-state index contributed by atoms with van der Waals surface area (Å²) in [6.07, 6.45) is 5.57. The smallest absolute Gasteiger partial charge is 0.279 e. The minimum Gasteiger partial charge on any atom is -0.486 e. The van der Waals surface area contributed by atoms with E-state index >= 15 is 0 Å². The van der Waals surface area contributed by atoms with Crippen molar-refractivity contribution in [1.29, 1.82) is 0 Å². The minimum atomic E-state index is -3.74. The first kappa shape index (κ1) is 23.7. The van der Waals surface area contributed by atoms with Crippen LogP contribution in [0.2, 0.25) is 0 Å². The number of nitrogens with zero attached hydrogens (tertiary/aromatic N) is 2. The normalized spacial score (nSPS) is 13.4. The fourth-order valence-corrected chi connectivity index (χ4v) is 5.80. The standard InChI is InChI=1S/C26H21N3O5S2/c1-3-12-29-21-15-22-23(34-14-13-33-22)16-24(21)35-26(29)27-25(30)18-6-8-19(9-7-18)28-36(31,32)20-10-4-17(2)5-11-20/h1,4-11,15-16,28H,12-14H2,2H3. The fraction of sp³-hybridized carbons (Fsp3) is 0.154. The maximum atomic E-state index is 12.9. The molecule has 3 aromatic carbocycles. The summed E-state index contributed by atoms with van der Waals surface area (Å²) in [6.45, 7) is 3.05. The van der Waals surface area contributed by atoms with E-state index in [1.165, 1.54) is 35.6 Å². The van der Waals surface area contributed by atoms with Crippen molar-refractivity contribution in [2.24, 2.45) is 4.99 Å². The molecule has 36 heavy (non-hydrogen) atoms. The lowest BCUT2D eigenvalue weighted by Crippen LogP contribution is -2.17. The lowest BCUT2D eigenvalue weighted by atomic mass is 10.2. The molecule has 1 aromatic heterocycles. The monoisotopic (exact) mass is 519 g/mol. The Morgan fingerprint density at radius 3 is 2.42 bits per heavy atom. The number of ether oxygens (including phenoxy) is 2. The second-order valence-corrected chi connectivity index (χ2v) is 10.7. The van der Waals surface area contributed by atoms with E-state index in [1.807, 2.05) is 19.1 Å². The van der Waals surface area contributed by atoms with Crippen LogP contribution in [0.25, 0.3) is 10.2 Å². The number of nitrogens with one attached hydrogen (secondary N) is 1. The molecule has 1 aliphatic rings. The van der Waals surface area contributed by atoms with Crippen LogP contribution in [0.4, 0.5) is 5.69 Å². The average molecular weight is 520 g/mol. The molecule has 5 rings (SSSR count). The molecule has 4 aromatic rings. The van der Waals surface area contributed by atoms with E-state index in [4.69, 9.17) is 15.9 Å². The van der Waals surface area contributed by atoms with Gasteiger partial charge in [0, 0.05) is 23.4 Å². The Labute approximate surface area is 211 Å². The van der Waals surface area contributed by atoms with Crippen molar-refractivity contribution in [3.8, 4) is 23.8 Å². The number of hydrogen-bond donors (Lipinski definition) is 1. The fourth-order valence-electron chi connectivity index (χ4n) is 3.70. The van der Waals surface area contributed by atoms with Gasteiger partial charge in [0.2, 0.25) is 0 Å². The number of aryl methyl sites for hydroxylation is 1. The van der Waals surface area contributed by atoms with Gasteiger partial charge in [-0.05, 0) is 43.3 Å². The largest absolute Gasteiger partial charge is 0.486 e. The van der Waals surface area contributed by atoms with Crippen molar-refractivity contribution in [2.45, 2.75) is 18.4 Å². The third kappa shape index (κ3) is 4.71. The number of sulfonamides is 1. The molecular weight excluding hydrogens is 498 g/mol. The molecule has 0 saturated heterocycles. The van der Waals surface area contributed by atoms with Crippen molar-refractivity contribution < 1.29 is 22.7 Å². The van der Waals surface area contributed by atoms with E-state index in [0.29, 0.717) is 40.8 Å². The molecular formula is C26H21N3O5S2. The van der Waals surface area contributed by atoms with Crippen molar-refractivity contribution in [1.82, 2.24) is 4.57 Å². The Hall–Kier alpha value is -4.07. The summed E-state index contributed by atoms with van der Waals surface area (Å²) in [5.74, 6) is 3.39. The average Bonchev–Trinajstić information content (AvgIpc) is 3.19. The first-order chi connectivity index (χ1) is 17.3. The van der Waals surface area contributed by atoms with Gasteiger partial charge in [0.25, 0.3) is 15.9 Å². The second kappa shape index (κ2) is 9.53. The first-order valence-electron chi connectivity index (χ1n) is 11.0. The molecule has 2 heterocycles. The Bertz CT molecular complexity index is 1680. The number of anilines is 1. The van der Waals surface area contributed by atoms with Crippen LogP contribution in [0, 0.1) is 19.3 Å². The van der Waals surface area contributed by atoms with Gasteiger partial charge in [0.05, 0.1) is 21.7 Å². The maximum Gasteiger partial charge on any atom is 0.279 e. The summed E-state index contributed by atoms with van der Waals surface area (Å²) in [6, 6.07) is 16.3. The number of amides is 1. The van der Waals surface area contributed by atoms with Crippen LogP contribution in [-0.4, -0.2) is 32.1 Å². The quantitative estimate of drug-likeness (QED) is 0.403. The van der Waals surface area contributed by atoms with Crippen molar-refractivity contribution in [3.63, 3.8) is 0 Å². The number of carbonyl (C=O) groups is 1. The zero-order valence-electron chi connectivity index (χ0n) is 19.2. The number of thiazole rings is 1. The lowest BCUT2D eigenvalue weighted by Gasteiger charge is -2.18. The number of hydrogen-bond acceptors (Lipinski definition) is 6. The van der Waals surface area contributed by atoms with Gasteiger partial charge in [0.1, 0.15) is 13.2 Å². The highest BCUT2D eigenvalue weighted by Crippen LogP contribution is 2.35. The molecule has 0 fully saturated rings. The maximum absolute atomic E-state index is 12.9. The van der Waals surface area contributed by atoms with E-state index in [9.17, 15) is 13.2 Å². The van der Waals surface area contributed by atoms with Crippen molar-refractivity contribution in [2.75, 3.05) is 17.9 Å². The molecule has 0 aliphatic carbocycles. The van der Waals surface area contributed by atoms with Crippen LogP contribution >= 0.6 is 11.3 Å². The molecule has 1 N–H and O–H groups in total. The highest BCUT2D eigenvalue weighted by Gasteiger charge is 2.17. The van der Waals surface area contributed by atoms with Gasteiger partial charge in [-0.15, -0.1) is 6.42 Å². The Morgan fingerprint density at radius 1 is 1.08 bits per heavy atom. The molecule has 182 valence electrons. The van der Waals surface area contributed by atoms with Gasteiger partial charge in [0.15, 0.2) is 16.3 Å². The summed E-state index contributed by atoms with van der Waals surface area (Å²) in [4.78, 5) is 17.8. The molecule has 0 spiro atoms. The predicted octanol–water partition coefficient (Wildman–Crippen LogP) is 3.96. The Morgan fingerprint density at radius 2 is 1.75 bits per heavy atom. The topological polar surface area (TPSA) is 99.0 Å². The summed E-state index contributed by atoms with van der Waals surface area (Å²) < 4.78 is 41.7. The van der Waals surface area contributed by atoms with Gasteiger partial charge in [-0.3, -0.25) is 9.52 Å². The van der Waals surface area contributed by atoms with Crippen LogP contribution in [0.1, 0.15) is 15.9 Å². The molecule has 10 heteroatoms. The SMILES string of the molecule is C#CCn1c(=NC(=O)c2ccc(NS(=O)(=O)c3ccc(C)cc3)cc2)sc2cc3c(cc21)OCCO3. The first-order valence-corrected chi connectivity index (χ1v) is 13.3. The summed E-state index contributed by atoms with van der Waals surface area (Å²) in [5.41, 5.74) is 2.41. The van der Waals surface area contributed by atoms with E-state index in [1.54, 1.807) is 28.8 Å². The van der Waals surface area contributed by atoms with Crippen LogP contribution in [0.3, 0.4) is 0 Å². The second-order valence-electron chi connectivity index (χ2n) is 8.05.